The van der Waals surface area contributed by atoms with Crippen LogP contribution in [0.3, 0.4) is 0 Å². The molecule has 0 bridgehead atoms. The molecule has 1 amide bonds. The summed E-state index contributed by atoms with van der Waals surface area (Å²) in [5.74, 6) is -0.568. The number of carbonyl (C=O) groups excluding carboxylic acids is 2. The van der Waals surface area contributed by atoms with Crippen LogP contribution in [-0.4, -0.2) is 18.5 Å². The van der Waals surface area contributed by atoms with E-state index >= 15 is 0 Å². The van der Waals surface area contributed by atoms with Crippen molar-refractivity contribution in [1.82, 2.24) is 0 Å². The van der Waals surface area contributed by atoms with Crippen molar-refractivity contribution < 1.29 is 19.1 Å². The number of para-hydroxylation sites is 2. The number of esters is 1. The zero-order valence-corrected chi connectivity index (χ0v) is 16.5. The van der Waals surface area contributed by atoms with E-state index in [9.17, 15) is 9.59 Å². The summed E-state index contributed by atoms with van der Waals surface area (Å²) in [7, 11) is 0. The maximum atomic E-state index is 12.9. The Labute approximate surface area is 177 Å². The van der Waals surface area contributed by atoms with Crippen molar-refractivity contribution in [2.75, 3.05) is 11.9 Å². The molecule has 0 aliphatic carbocycles. The van der Waals surface area contributed by atoms with Crippen molar-refractivity contribution in [3.8, 4) is 11.5 Å². The molecule has 3 aromatic carbocycles. The van der Waals surface area contributed by atoms with Crippen LogP contribution in [0.5, 0.6) is 11.5 Å². The Hall–Kier alpha value is -3.02. The average Bonchev–Trinajstić information content (AvgIpc) is 2.73. The lowest BCUT2D eigenvalue weighted by atomic mass is 9.88. The Balaban J connectivity index is 1.50. The molecule has 0 saturated heterocycles. The first-order valence-electron chi connectivity index (χ1n) is 8.80. The zero-order valence-electron chi connectivity index (χ0n) is 15.0. The van der Waals surface area contributed by atoms with Gasteiger partial charge in [-0.2, -0.15) is 0 Å². The Bertz CT molecular complexity index is 1050. The first-order chi connectivity index (χ1) is 14.0. The molecule has 0 radical (unpaired) electrons. The van der Waals surface area contributed by atoms with Crippen LogP contribution in [0.2, 0.25) is 10.0 Å². The highest BCUT2D eigenvalue weighted by Crippen LogP contribution is 2.44. The fraction of sp³-hybridized carbons (Fsp3) is 0.0909. The van der Waals surface area contributed by atoms with E-state index in [2.05, 4.69) is 5.32 Å². The molecule has 1 N–H and O–H groups in total. The minimum Gasteiger partial charge on any atom is -0.457 e. The number of nitrogens with one attached hydrogen (secondary N) is 1. The van der Waals surface area contributed by atoms with Crippen molar-refractivity contribution in [1.29, 1.82) is 0 Å². The van der Waals surface area contributed by atoms with Gasteiger partial charge in [-0.1, -0.05) is 59.6 Å². The summed E-state index contributed by atoms with van der Waals surface area (Å²) in [6, 6.07) is 19.2. The third-order valence-electron chi connectivity index (χ3n) is 4.46. The van der Waals surface area contributed by atoms with Gasteiger partial charge < -0.3 is 14.8 Å². The highest BCUT2D eigenvalue weighted by atomic mass is 35.5. The number of benzene rings is 3. The zero-order chi connectivity index (χ0) is 20.4. The van der Waals surface area contributed by atoms with Gasteiger partial charge in [-0.3, -0.25) is 9.59 Å². The summed E-state index contributed by atoms with van der Waals surface area (Å²) in [5, 5.41) is 3.35. The predicted octanol–water partition coefficient (Wildman–Crippen LogP) is 5.41. The minimum atomic E-state index is -0.682. The molecule has 0 unspecified atom stereocenters. The molecule has 7 heteroatoms. The van der Waals surface area contributed by atoms with Crippen LogP contribution in [0.25, 0.3) is 0 Å². The predicted molar refractivity (Wildman–Crippen MR) is 111 cm³/mol. The first-order valence-corrected chi connectivity index (χ1v) is 9.56. The summed E-state index contributed by atoms with van der Waals surface area (Å²) >= 11 is 12.0. The fourth-order valence-corrected chi connectivity index (χ4v) is 3.50. The third kappa shape index (κ3) is 4.06. The Morgan fingerprint density at radius 2 is 1.55 bits per heavy atom. The molecule has 29 heavy (non-hydrogen) atoms. The van der Waals surface area contributed by atoms with Gasteiger partial charge in [0.1, 0.15) is 17.4 Å². The Kier molecular flexibility index (Phi) is 5.43. The molecule has 1 heterocycles. The van der Waals surface area contributed by atoms with Gasteiger partial charge in [0.25, 0.3) is 5.91 Å². The molecular weight excluding hydrogens is 413 g/mol. The Morgan fingerprint density at radius 1 is 0.931 bits per heavy atom. The number of amides is 1. The highest BCUT2D eigenvalue weighted by Gasteiger charge is 2.33. The number of ether oxygens (including phenoxy) is 2. The summed E-state index contributed by atoms with van der Waals surface area (Å²) in [6.07, 6.45) is 0. The minimum absolute atomic E-state index is 0.335. The van der Waals surface area contributed by atoms with Crippen LogP contribution < -0.4 is 10.1 Å². The van der Waals surface area contributed by atoms with Crippen molar-refractivity contribution in [3.63, 3.8) is 0 Å². The summed E-state index contributed by atoms with van der Waals surface area (Å²) in [4.78, 5) is 25.1. The van der Waals surface area contributed by atoms with E-state index in [0.717, 1.165) is 0 Å². The van der Waals surface area contributed by atoms with Gasteiger partial charge >= 0.3 is 5.97 Å². The van der Waals surface area contributed by atoms with Crippen LogP contribution >= 0.6 is 23.2 Å². The van der Waals surface area contributed by atoms with Crippen LogP contribution in [0, 0.1) is 0 Å². The molecule has 5 nitrogen and oxygen atoms in total. The molecule has 1 aliphatic heterocycles. The SMILES string of the molecule is O=C(COC(=O)C1c2ccccc2Oc2ccccc21)Nc1cc(Cl)ccc1Cl. The molecule has 0 aromatic heterocycles. The number of anilines is 1. The van der Waals surface area contributed by atoms with Crippen molar-refractivity contribution >= 4 is 40.8 Å². The molecule has 3 aromatic rings. The van der Waals surface area contributed by atoms with E-state index in [1.54, 1.807) is 24.3 Å². The summed E-state index contributed by atoms with van der Waals surface area (Å²) in [5.41, 5.74) is 1.73. The lowest BCUT2D eigenvalue weighted by Crippen LogP contribution is -2.26. The normalized spacial score (nSPS) is 12.3. The maximum Gasteiger partial charge on any atom is 0.318 e. The third-order valence-corrected chi connectivity index (χ3v) is 5.03. The van der Waals surface area contributed by atoms with Crippen LogP contribution in [0.15, 0.2) is 66.7 Å². The van der Waals surface area contributed by atoms with Gasteiger partial charge in [-0.05, 0) is 30.3 Å². The Morgan fingerprint density at radius 3 is 2.21 bits per heavy atom. The van der Waals surface area contributed by atoms with Crippen LogP contribution in [0.4, 0.5) is 5.69 Å². The van der Waals surface area contributed by atoms with E-state index in [4.69, 9.17) is 32.7 Å². The van der Waals surface area contributed by atoms with Crippen LogP contribution in [0.1, 0.15) is 17.0 Å². The summed E-state index contributed by atoms with van der Waals surface area (Å²) in [6.45, 7) is -0.455. The smallest absolute Gasteiger partial charge is 0.318 e. The van der Waals surface area contributed by atoms with Gasteiger partial charge in [0.15, 0.2) is 6.61 Å². The number of fused-ring (bicyclic) bond motifs is 2. The number of halogens is 2. The van der Waals surface area contributed by atoms with Gasteiger partial charge in [-0.25, -0.2) is 0 Å². The second-order valence-corrected chi connectivity index (χ2v) is 7.23. The number of hydrogen-bond donors (Lipinski definition) is 1. The van der Waals surface area contributed by atoms with Gasteiger partial charge in [0.05, 0.1) is 10.7 Å². The molecule has 4 rings (SSSR count). The lowest BCUT2D eigenvalue weighted by molar-refractivity contribution is -0.148. The summed E-state index contributed by atoms with van der Waals surface area (Å²) < 4.78 is 11.2. The largest absolute Gasteiger partial charge is 0.457 e. The van der Waals surface area contributed by atoms with Gasteiger partial charge in [-0.15, -0.1) is 0 Å². The van der Waals surface area contributed by atoms with E-state index in [0.29, 0.717) is 38.4 Å². The molecule has 1 aliphatic rings. The first kappa shape index (κ1) is 19.3. The lowest BCUT2D eigenvalue weighted by Gasteiger charge is -2.26. The van der Waals surface area contributed by atoms with E-state index in [-0.39, 0.29) is 0 Å². The molecular formula is C22H15Cl2NO4. The second-order valence-electron chi connectivity index (χ2n) is 6.39. The number of hydrogen-bond acceptors (Lipinski definition) is 4. The number of rotatable bonds is 4. The topological polar surface area (TPSA) is 64.6 Å². The van der Waals surface area contributed by atoms with E-state index in [1.807, 2.05) is 36.4 Å². The second kappa shape index (κ2) is 8.15. The molecule has 0 fully saturated rings. The molecule has 146 valence electrons. The van der Waals surface area contributed by atoms with Crippen LogP contribution in [-0.2, 0) is 14.3 Å². The fourth-order valence-electron chi connectivity index (χ4n) is 3.16. The molecule has 0 saturated carbocycles. The standard InChI is InChI=1S/C22H15Cl2NO4/c23-13-9-10-16(24)17(11-13)25-20(26)12-28-22(27)21-14-5-1-3-7-18(14)29-19-8-4-2-6-15(19)21/h1-11,21H,12H2,(H,25,26). The van der Waals surface area contributed by atoms with E-state index < -0.39 is 24.4 Å². The molecule has 0 atom stereocenters. The van der Waals surface area contributed by atoms with Gasteiger partial charge in [0, 0.05) is 16.1 Å². The number of carbonyl (C=O) groups is 2. The molecule has 0 spiro atoms. The maximum absolute atomic E-state index is 12.9. The quantitative estimate of drug-likeness (QED) is 0.565. The highest BCUT2D eigenvalue weighted by molar-refractivity contribution is 6.35. The average molecular weight is 428 g/mol. The van der Waals surface area contributed by atoms with E-state index in [1.165, 1.54) is 6.07 Å². The van der Waals surface area contributed by atoms with Crippen molar-refractivity contribution in [2.45, 2.75) is 5.92 Å². The van der Waals surface area contributed by atoms with Crippen molar-refractivity contribution in [3.05, 3.63) is 87.9 Å². The van der Waals surface area contributed by atoms with Crippen molar-refractivity contribution in [2.24, 2.45) is 0 Å². The van der Waals surface area contributed by atoms with Gasteiger partial charge in [0.2, 0.25) is 0 Å². The monoisotopic (exact) mass is 427 g/mol.